The summed E-state index contributed by atoms with van der Waals surface area (Å²) in [5.41, 5.74) is 9.94. The monoisotopic (exact) mass is 547 g/mol. The Morgan fingerprint density at radius 3 is 2.21 bits per heavy atom. The molecule has 0 amide bonds. The van der Waals surface area contributed by atoms with Crippen molar-refractivity contribution in [2.75, 3.05) is 0 Å². The predicted octanol–water partition coefficient (Wildman–Crippen LogP) is 9.64. The predicted molar refractivity (Wildman–Crippen MR) is 178 cm³/mol. The van der Waals surface area contributed by atoms with Crippen molar-refractivity contribution in [3.05, 3.63) is 149 Å². The fourth-order valence-electron chi connectivity index (χ4n) is 6.23. The van der Waals surface area contributed by atoms with Gasteiger partial charge < -0.3 is 5.32 Å². The molecule has 2 aromatic carbocycles. The van der Waals surface area contributed by atoms with Gasteiger partial charge in [0.05, 0.1) is 0 Å². The highest BCUT2D eigenvalue weighted by molar-refractivity contribution is 6.16. The number of nitrogens with one attached hydrogen (secondary N) is 1. The molecule has 208 valence electrons. The van der Waals surface area contributed by atoms with Crippen molar-refractivity contribution in [2.45, 2.75) is 57.0 Å². The molecule has 0 radical (unpaired) electrons. The Hall–Kier alpha value is -4.50. The summed E-state index contributed by atoms with van der Waals surface area (Å²) < 4.78 is 0. The first-order valence-electron chi connectivity index (χ1n) is 15.4. The normalized spacial score (nSPS) is 23.0. The zero-order valence-corrected chi connectivity index (χ0v) is 24.0. The lowest BCUT2D eigenvalue weighted by atomic mass is 9.86. The Labute approximate surface area is 249 Å². The molecular weight excluding hydrogens is 510 g/mol. The quantitative estimate of drug-likeness (QED) is 0.384. The molecule has 0 saturated heterocycles. The van der Waals surface area contributed by atoms with E-state index in [1.54, 1.807) is 0 Å². The minimum atomic E-state index is -0.294. The average Bonchev–Trinajstić information content (AvgIpc) is 3.09. The Kier molecular flexibility index (Phi) is 7.65. The summed E-state index contributed by atoms with van der Waals surface area (Å²) in [4.78, 5) is 10.3. The van der Waals surface area contributed by atoms with Crippen LogP contribution < -0.4 is 5.32 Å². The highest BCUT2D eigenvalue weighted by Gasteiger charge is 2.23. The van der Waals surface area contributed by atoms with Crippen molar-refractivity contribution in [1.82, 2.24) is 5.32 Å². The Morgan fingerprint density at radius 1 is 0.643 bits per heavy atom. The highest BCUT2D eigenvalue weighted by Crippen LogP contribution is 2.35. The molecule has 0 bridgehead atoms. The first-order chi connectivity index (χ1) is 20.8. The molecule has 4 aliphatic carbocycles. The number of hydrogen-bond acceptors (Lipinski definition) is 3. The van der Waals surface area contributed by atoms with Gasteiger partial charge in [0.15, 0.2) is 6.17 Å². The third kappa shape index (κ3) is 5.78. The Morgan fingerprint density at radius 2 is 1.45 bits per heavy atom. The van der Waals surface area contributed by atoms with Gasteiger partial charge in [-0.3, -0.25) is 0 Å². The molecule has 3 heteroatoms. The summed E-state index contributed by atoms with van der Waals surface area (Å²) in [6.45, 7) is 0. The summed E-state index contributed by atoms with van der Waals surface area (Å²) in [6, 6.07) is 16.0. The van der Waals surface area contributed by atoms with Crippen LogP contribution >= 0.6 is 0 Å². The average molecular weight is 548 g/mol. The molecule has 0 aromatic heterocycles. The molecule has 0 saturated carbocycles. The van der Waals surface area contributed by atoms with Gasteiger partial charge >= 0.3 is 0 Å². The van der Waals surface area contributed by atoms with E-state index in [2.05, 4.69) is 127 Å². The highest BCUT2D eigenvalue weighted by atomic mass is 15.2. The van der Waals surface area contributed by atoms with Gasteiger partial charge in [-0.15, -0.1) is 0 Å². The van der Waals surface area contributed by atoms with E-state index >= 15 is 0 Å². The lowest BCUT2D eigenvalue weighted by Gasteiger charge is -2.25. The van der Waals surface area contributed by atoms with Crippen LogP contribution in [-0.4, -0.2) is 11.7 Å². The molecule has 42 heavy (non-hydrogen) atoms. The van der Waals surface area contributed by atoms with Crippen LogP contribution in [-0.2, 0) is 0 Å². The van der Waals surface area contributed by atoms with E-state index in [0.717, 1.165) is 67.8 Å². The zero-order chi connectivity index (χ0) is 28.1. The second-order valence-corrected chi connectivity index (χ2v) is 11.5. The minimum Gasteiger partial charge on any atom is -0.325 e. The smallest absolute Gasteiger partial charge is 0.169 e. The van der Waals surface area contributed by atoms with E-state index in [0.29, 0.717) is 5.92 Å². The lowest BCUT2D eigenvalue weighted by Crippen LogP contribution is -2.37. The molecule has 0 fully saturated rings. The van der Waals surface area contributed by atoms with Crippen LogP contribution in [0.25, 0.3) is 16.7 Å². The first-order valence-corrected chi connectivity index (χ1v) is 15.4. The summed E-state index contributed by atoms with van der Waals surface area (Å²) in [7, 11) is 0. The Bertz CT molecular complexity index is 1680. The standard InChI is InChI=1S/C39H37N3/c1-5-14-28(15-6-1)34-25-35(29-16-7-2-8-17-29)27-36(26-34)32-22-13-23-33(24-32)39-41-37(30-18-9-3-10-19-30)40-38(42-39)31-20-11-4-12-21-31/h1,3,5-7,9,11,13-14,16-18,20-28,39H,2,4,8,10,12,15,19H2,(H,40,41,42). The largest absolute Gasteiger partial charge is 0.325 e. The summed E-state index contributed by atoms with van der Waals surface area (Å²) in [6.07, 6.45) is 36.3. The van der Waals surface area contributed by atoms with Gasteiger partial charge in [0.1, 0.15) is 11.7 Å². The van der Waals surface area contributed by atoms with Crippen LogP contribution in [0.4, 0.5) is 0 Å². The van der Waals surface area contributed by atoms with Crippen LogP contribution in [0.5, 0.6) is 0 Å². The molecule has 3 nitrogen and oxygen atoms in total. The molecule has 1 aliphatic heterocycles. The zero-order valence-electron chi connectivity index (χ0n) is 24.0. The maximum Gasteiger partial charge on any atom is 0.169 e. The van der Waals surface area contributed by atoms with Crippen molar-refractivity contribution >= 4 is 17.2 Å². The fourth-order valence-corrected chi connectivity index (χ4v) is 6.23. The van der Waals surface area contributed by atoms with E-state index in [4.69, 9.17) is 9.98 Å². The van der Waals surface area contributed by atoms with Crippen molar-refractivity contribution in [3.63, 3.8) is 0 Å². The molecule has 2 unspecified atom stereocenters. The first kappa shape index (κ1) is 26.4. The number of rotatable bonds is 6. The topological polar surface area (TPSA) is 36.8 Å². The van der Waals surface area contributed by atoms with Gasteiger partial charge in [-0.25, -0.2) is 9.98 Å². The van der Waals surface area contributed by atoms with Crippen molar-refractivity contribution in [2.24, 2.45) is 9.98 Å². The van der Waals surface area contributed by atoms with Crippen molar-refractivity contribution in [3.8, 4) is 11.1 Å². The van der Waals surface area contributed by atoms with Gasteiger partial charge in [0, 0.05) is 11.5 Å². The third-order valence-electron chi connectivity index (χ3n) is 8.54. The summed E-state index contributed by atoms with van der Waals surface area (Å²) in [5, 5.41) is 3.58. The minimum absolute atomic E-state index is 0.294. The lowest BCUT2D eigenvalue weighted by molar-refractivity contribution is 0.752. The van der Waals surface area contributed by atoms with Gasteiger partial charge in [0.2, 0.25) is 0 Å². The number of amidine groups is 2. The second kappa shape index (κ2) is 12.2. The molecule has 1 N–H and O–H groups in total. The Balaban J connectivity index is 1.29. The molecule has 0 spiro atoms. The van der Waals surface area contributed by atoms with Crippen LogP contribution in [0.15, 0.2) is 143 Å². The molecule has 5 aliphatic rings. The number of benzene rings is 2. The van der Waals surface area contributed by atoms with Crippen LogP contribution in [0, 0.1) is 0 Å². The molecule has 2 aromatic rings. The molecule has 2 atom stereocenters. The van der Waals surface area contributed by atoms with E-state index in [1.807, 2.05) is 0 Å². The van der Waals surface area contributed by atoms with Crippen LogP contribution in [0.2, 0.25) is 0 Å². The van der Waals surface area contributed by atoms with Gasteiger partial charge in [-0.1, -0.05) is 109 Å². The number of nitrogens with zero attached hydrogens (tertiary/aromatic N) is 2. The van der Waals surface area contributed by atoms with Gasteiger partial charge in [-0.05, 0) is 96.0 Å². The fraction of sp³-hybridized carbons (Fsp3) is 0.231. The van der Waals surface area contributed by atoms with Crippen LogP contribution in [0.1, 0.15) is 73.7 Å². The van der Waals surface area contributed by atoms with E-state index in [1.165, 1.54) is 33.4 Å². The summed E-state index contributed by atoms with van der Waals surface area (Å²) >= 11 is 0. The maximum absolute atomic E-state index is 5.17. The van der Waals surface area contributed by atoms with Crippen molar-refractivity contribution in [1.29, 1.82) is 0 Å². The number of aliphatic imine (C=N–C) groups is 2. The molecule has 7 rings (SSSR count). The number of allylic oxidation sites excluding steroid dienone is 13. The van der Waals surface area contributed by atoms with Crippen LogP contribution in [0.3, 0.4) is 0 Å². The van der Waals surface area contributed by atoms with Gasteiger partial charge in [-0.2, -0.15) is 0 Å². The third-order valence-corrected chi connectivity index (χ3v) is 8.54. The SMILES string of the molecule is C1=CCCC(C2=NC(c3cccc(-c4cc(C5=CCCC=C5)cc(C5C=CC=CC5)c4)c3)N=C(C3=CCCC=C3)N2)=C1. The van der Waals surface area contributed by atoms with E-state index in [-0.39, 0.29) is 6.17 Å². The molecular formula is C39H37N3. The summed E-state index contributed by atoms with van der Waals surface area (Å²) in [5.74, 6) is 2.25. The van der Waals surface area contributed by atoms with Crippen molar-refractivity contribution < 1.29 is 0 Å². The molecule has 1 heterocycles. The second-order valence-electron chi connectivity index (χ2n) is 11.5. The maximum atomic E-state index is 5.17. The van der Waals surface area contributed by atoms with E-state index < -0.39 is 0 Å². The van der Waals surface area contributed by atoms with Gasteiger partial charge in [0.25, 0.3) is 0 Å². The van der Waals surface area contributed by atoms with E-state index in [9.17, 15) is 0 Å². The number of hydrogen-bond donors (Lipinski definition) is 1.